The number of amides is 1. The van der Waals surface area contributed by atoms with E-state index in [2.05, 4.69) is 5.32 Å². The van der Waals surface area contributed by atoms with Gasteiger partial charge in [0.1, 0.15) is 11.6 Å². The van der Waals surface area contributed by atoms with E-state index in [1.54, 1.807) is 12.1 Å². The summed E-state index contributed by atoms with van der Waals surface area (Å²) < 4.78 is 18.0. The fourth-order valence-electron chi connectivity index (χ4n) is 1.64. The number of aldehydes is 1. The van der Waals surface area contributed by atoms with Crippen molar-refractivity contribution < 1.29 is 18.7 Å². The first-order valence-electron chi connectivity index (χ1n) is 6.02. The molecular formula is C15H11ClFNO3. The molecule has 2 aromatic rings. The molecule has 0 aliphatic carbocycles. The zero-order valence-corrected chi connectivity index (χ0v) is 11.6. The van der Waals surface area contributed by atoms with Gasteiger partial charge in [-0.1, -0.05) is 17.7 Å². The van der Waals surface area contributed by atoms with E-state index in [1.165, 1.54) is 30.3 Å². The van der Waals surface area contributed by atoms with Gasteiger partial charge in [0.05, 0.1) is 10.6 Å². The Hall–Kier alpha value is -2.40. The topological polar surface area (TPSA) is 55.4 Å². The molecule has 0 radical (unpaired) electrons. The van der Waals surface area contributed by atoms with Crippen LogP contribution in [0, 0.1) is 5.82 Å². The van der Waals surface area contributed by atoms with Crippen molar-refractivity contribution in [3.05, 3.63) is 58.9 Å². The van der Waals surface area contributed by atoms with Crippen LogP contribution in [-0.2, 0) is 4.79 Å². The van der Waals surface area contributed by atoms with Crippen LogP contribution >= 0.6 is 11.6 Å². The van der Waals surface area contributed by atoms with Gasteiger partial charge in [-0.3, -0.25) is 9.59 Å². The second-order valence-corrected chi connectivity index (χ2v) is 4.53. The minimum atomic E-state index is -0.446. The van der Waals surface area contributed by atoms with Gasteiger partial charge in [-0.25, -0.2) is 4.39 Å². The first-order chi connectivity index (χ1) is 10.1. The molecule has 1 N–H and O–H groups in total. The highest BCUT2D eigenvalue weighted by Gasteiger charge is 2.10. The minimum Gasteiger partial charge on any atom is -0.481 e. The standard InChI is InChI=1S/C15H11ClFNO3/c16-13-3-1-2-10(8-19)15(13)21-9-14(20)18-12-6-4-11(17)5-7-12/h1-8H,9H2,(H,18,20). The van der Waals surface area contributed by atoms with Gasteiger partial charge >= 0.3 is 0 Å². The van der Waals surface area contributed by atoms with Crippen LogP contribution in [0.15, 0.2) is 42.5 Å². The van der Waals surface area contributed by atoms with Gasteiger partial charge in [0.15, 0.2) is 12.9 Å². The fraction of sp³-hybridized carbons (Fsp3) is 0.0667. The number of halogens is 2. The predicted molar refractivity (Wildman–Crippen MR) is 77.4 cm³/mol. The third-order valence-electron chi connectivity index (χ3n) is 2.60. The number of ether oxygens (including phenoxy) is 1. The molecule has 4 nitrogen and oxygen atoms in total. The van der Waals surface area contributed by atoms with Crippen molar-refractivity contribution in [3.8, 4) is 5.75 Å². The molecule has 0 aromatic heterocycles. The summed E-state index contributed by atoms with van der Waals surface area (Å²) in [5.74, 6) is -0.683. The molecule has 0 fully saturated rings. The van der Waals surface area contributed by atoms with E-state index in [9.17, 15) is 14.0 Å². The van der Waals surface area contributed by atoms with Crippen molar-refractivity contribution in [2.45, 2.75) is 0 Å². The van der Waals surface area contributed by atoms with E-state index in [0.29, 0.717) is 12.0 Å². The Morgan fingerprint density at radius 1 is 1.24 bits per heavy atom. The number of nitrogens with one attached hydrogen (secondary N) is 1. The monoisotopic (exact) mass is 307 g/mol. The van der Waals surface area contributed by atoms with Crippen molar-refractivity contribution in [1.82, 2.24) is 0 Å². The molecule has 1 amide bonds. The summed E-state index contributed by atoms with van der Waals surface area (Å²) in [5, 5.41) is 2.78. The zero-order valence-electron chi connectivity index (χ0n) is 10.8. The summed E-state index contributed by atoms with van der Waals surface area (Å²) in [6.45, 7) is -0.318. The van der Waals surface area contributed by atoms with E-state index in [-0.39, 0.29) is 22.9 Å². The van der Waals surface area contributed by atoms with Gasteiger partial charge in [-0.15, -0.1) is 0 Å². The van der Waals surface area contributed by atoms with Gasteiger partial charge < -0.3 is 10.1 Å². The lowest BCUT2D eigenvalue weighted by Crippen LogP contribution is -2.20. The van der Waals surface area contributed by atoms with Crippen molar-refractivity contribution in [2.24, 2.45) is 0 Å². The Bertz CT molecular complexity index is 658. The smallest absolute Gasteiger partial charge is 0.262 e. The second kappa shape index (κ2) is 6.85. The molecule has 0 saturated heterocycles. The third-order valence-corrected chi connectivity index (χ3v) is 2.90. The average molecular weight is 308 g/mol. The SMILES string of the molecule is O=Cc1cccc(Cl)c1OCC(=O)Nc1ccc(F)cc1. The molecule has 0 aliphatic rings. The highest BCUT2D eigenvalue weighted by Crippen LogP contribution is 2.27. The minimum absolute atomic E-state index is 0.156. The largest absolute Gasteiger partial charge is 0.481 e. The summed E-state index contributed by atoms with van der Waals surface area (Å²) in [4.78, 5) is 22.6. The van der Waals surface area contributed by atoms with E-state index in [0.717, 1.165) is 0 Å². The molecule has 2 aromatic carbocycles. The van der Waals surface area contributed by atoms with E-state index in [4.69, 9.17) is 16.3 Å². The van der Waals surface area contributed by atoms with E-state index >= 15 is 0 Å². The number of benzene rings is 2. The van der Waals surface area contributed by atoms with Gasteiger partial charge in [-0.2, -0.15) is 0 Å². The maximum Gasteiger partial charge on any atom is 0.262 e. The Kier molecular flexibility index (Phi) is 4.90. The molecule has 6 heteroatoms. The number of rotatable bonds is 5. The molecule has 2 rings (SSSR count). The summed E-state index contributed by atoms with van der Waals surface area (Å²) in [6, 6.07) is 10.0. The summed E-state index contributed by atoms with van der Waals surface area (Å²) in [6.07, 6.45) is 0.596. The molecule has 0 bridgehead atoms. The normalized spacial score (nSPS) is 10.0. The van der Waals surface area contributed by atoms with Gasteiger partial charge in [0.2, 0.25) is 0 Å². The van der Waals surface area contributed by atoms with Crippen molar-refractivity contribution >= 4 is 29.5 Å². The van der Waals surface area contributed by atoms with Crippen LogP contribution in [0.2, 0.25) is 5.02 Å². The van der Waals surface area contributed by atoms with Gasteiger partial charge in [-0.05, 0) is 36.4 Å². The van der Waals surface area contributed by atoms with E-state index < -0.39 is 11.7 Å². The molecular weight excluding hydrogens is 297 g/mol. The van der Waals surface area contributed by atoms with Crippen molar-refractivity contribution in [2.75, 3.05) is 11.9 Å². The first kappa shape index (κ1) is 15.0. The lowest BCUT2D eigenvalue weighted by atomic mass is 10.2. The number of carbonyl (C=O) groups is 2. The molecule has 21 heavy (non-hydrogen) atoms. The van der Waals surface area contributed by atoms with Crippen LogP contribution in [-0.4, -0.2) is 18.8 Å². The molecule has 0 atom stereocenters. The van der Waals surface area contributed by atoms with Crippen molar-refractivity contribution in [3.63, 3.8) is 0 Å². The number of carbonyl (C=O) groups excluding carboxylic acids is 2. The Labute approximate surface area is 125 Å². The first-order valence-corrected chi connectivity index (χ1v) is 6.40. The van der Waals surface area contributed by atoms with E-state index in [1.807, 2.05) is 0 Å². The maximum absolute atomic E-state index is 12.7. The number of para-hydroxylation sites is 1. The molecule has 0 saturated carbocycles. The predicted octanol–water partition coefficient (Wildman–Crippen LogP) is 3.31. The van der Waals surface area contributed by atoms with Gasteiger partial charge in [0.25, 0.3) is 5.91 Å². The fourth-order valence-corrected chi connectivity index (χ4v) is 1.88. The van der Waals surface area contributed by atoms with Crippen LogP contribution in [0.5, 0.6) is 5.75 Å². The highest BCUT2D eigenvalue weighted by atomic mass is 35.5. The zero-order chi connectivity index (χ0) is 15.2. The van der Waals surface area contributed by atoms with Crippen LogP contribution in [0.1, 0.15) is 10.4 Å². The lowest BCUT2D eigenvalue weighted by molar-refractivity contribution is -0.118. The van der Waals surface area contributed by atoms with Crippen LogP contribution in [0.4, 0.5) is 10.1 Å². The summed E-state index contributed by atoms with van der Waals surface area (Å²) >= 11 is 5.91. The van der Waals surface area contributed by atoms with Crippen LogP contribution in [0.25, 0.3) is 0 Å². The second-order valence-electron chi connectivity index (χ2n) is 4.12. The van der Waals surface area contributed by atoms with Crippen molar-refractivity contribution in [1.29, 1.82) is 0 Å². The van der Waals surface area contributed by atoms with Crippen LogP contribution in [0.3, 0.4) is 0 Å². The Morgan fingerprint density at radius 3 is 2.62 bits per heavy atom. The molecule has 108 valence electrons. The number of anilines is 1. The average Bonchev–Trinajstić information content (AvgIpc) is 2.48. The quantitative estimate of drug-likeness (QED) is 0.862. The summed E-state index contributed by atoms with van der Waals surface area (Å²) in [7, 11) is 0. The molecule has 0 spiro atoms. The third kappa shape index (κ3) is 4.03. The Balaban J connectivity index is 1.98. The highest BCUT2D eigenvalue weighted by molar-refractivity contribution is 6.32. The Morgan fingerprint density at radius 2 is 1.95 bits per heavy atom. The molecule has 0 heterocycles. The maximum atomic E-state index is 12.7. The van der Waals surface area contributed by atoms with Crippen LogP contribution < -0.4 is 10.1 Å². The molecule has 0 unspecified atom stereocenters. The summed E-state index contributed by atoms with van der Waals surface area (Å²) in [5.41, 5.74) is 0.705. The van der Waals surface area contributed by atoms with Gasteiger partial charge in [0, 0.05) is 5.69 Å². The molecule has 0 aliphatic heterocycles. The number of hydrogen-bond donors (Lipinski definition) is 1. The number of hydrogen-bond acceptors (Lipinski definition) is 3. The lowest BCUT2D eigenvalue weighted by Gasteiger charge is -2.10.